The minimum absolute atomic E-state index is 0.107. The van der Waals surface area contributed by atoms with E-state index >= 15 is 0 Å². The van der Waals surface area contributed by atoms with Gasteiger partial charge < -0.3 is 16.0 Å². The van der Waals surface area contributed by atoms with Gasteiger partial charge in [0.25, 0.3) is 0 Å². The number of anilines is 2. The molecule has 3 N–H and O–H groups in total. The normalized spacial score (nSPS) is 16.0. The van der Waals surface area contributed by atoms with Gasteiger partial charge in [-0.15, -0.1) is 11.3 Å². The van der Waals surface area contributed by atoms with Gasteiger partial charge in [0.05, 0.1) is 29.2 Å². The summed E-state index contributed by atoms with van der Waals surface area (Å²) in [6.45, 7) is 0. The number of urea groups is 1. The lowest BCUT2D eigenvalue weighted by molar-refractivity contribution is -0.115. The number of amides is 3. The Labute approximate surface area is 164 Å². The lowest BCUT2D eigenvalue weighted by Gasteiger charge is -2.16. The van der Waals surface area contributed by atoms with E-state index in [1.807, 2.05) is 22.9 Å². The van der Waals surface area contributed by atoms with Crippen molar-refractivity contribution in [2.45, 2.75) is 19.3 Å². The minimum atomic E-state index is -0.533. The van der Waals surface area contributed by atoms with E-state index in [1.165, 1.54) is 23.5 Å². The molecule has 1 aromatic carbocycles. The van der Waals surface area contributed by atoms with Gasteiger partial charge >= 0.3 is 6.03 Å². The van der Waals surface area contributed by atoms with E-state index in [0.717, 1.165) is 23.4 Å². The topological polar surface area (TPSA) is 82.6 Å². The largest absolute Gasteiger partial charge is 0.323 e. The van der Waals surface area contributed by atoms with Crippen LogP contribution in [0.4, 0.5) is 26.2 Å². The molecule has 0 bridgehead atoms. The maximum atomic E-state index is 13.7. The summed E-state index contributed by atoms with van der Waals surface area (Å²) in [7, 11) is 0. The number of nitrogens with zero attached hydrogens (tertiary/aromatic N) is 1. The van der Waals surface area contributed by atoms with Crippen LogP contribution in [0.3, 0.4) is 0 Å². The monoisotopic (exact) mass is 396 g/mol. The zero-order chi connectivity index (χ0) is 19.5. The van der Waals surface area contributed by atoms with Crippen molar-refractivity contribution < 1.29 is 14.0 Å². The van der Waals surface area contributed by atoms with Crippen LogP contribution < -0.4 is 16.0 Å². The van der Waals surface area contributed by atoms with E-state index in [1.54, 1.807) is 12.1 Å². The number of benzene rings is 1. The molecule has 142 valence electrons. The van der Waals surface area contributed by atoms with E-state index < -0.39 is 11.8 Å². The van der Waals surface area contributed by atoms with Crippen LogP contribution in [0.15, 0.2) is 63.4 Å². The van der Waals surface area contributed by atoms with E-state index in [9.17, 15) is 14.0 Å². The van der Waals surface area contributed by atoms with E-state index in [2.05, 4.69) is 20.9 Å². The maximum absolute atomic E-state index is 13.7. The minimum Gasteiger partial charge on any atom is -0.323 e. The van der Waals surface area contributed by atoms with Crippen molar-refractivity contribution in [2.24, 2.45) is 4.99 Å². The van der Waals surface area contributed by atoms with Crippen LogP contribution in [0.5, 0.6) is 0 Å². The second-order valence-electron chi connectivity index (χ2n) is 6.38. The van der Waals surface area contributed by atoms with Gasteiger partial charge in [0.1, 0.15) is 5.82 Å². The average Bonchev–Trinajstić information content (AvgIpc) is 3.03. The Morgan fingerprint density at radius 1 is 1.21 bits per heavy atom. The third-order valence-electron chi connectivity index (χ3n) is 4.36. The Morgan fingerprint density at radius 2 is 2.07 bits per heavy atom. The van der Waals surface area contributed by atoms with Crippen LogP contribution in [-0.2, 0) is 4.79 Å². The predicted molar refractivity (Wildman–Crippen MR) is 109 cm³/mol. The molecule has 28 heavy (non-hydrogen) atoms. The quantitative estimate of drug-likeness (QED) is 0.701. The lowest BCUT2D eigenvalue weighted by atomic mass is 9.96. The molecule has 0 atom stereocenters. The molecule has 2 heterocycles. The molecule has 1 aliphatic carbocycles. The lowest BCUT2D eigenvalue weighted by Crippen LogP contribution is -2.29. The van der Waals surface area contributed by atoms with Crippen LogP contribution in [-0.4, -0.2) is 17.6 Å². The molecule has 0 spiro atoms. The number of allylic oxidation sites excluding steroid dienone is 3. The zero-order valence-electron chi connectivity index (χ0n) is 14.8. The number of hydrogen-bond donors (Lipinski definition) is 3. The summed E-state index contributed by atoms with van der Waals surface area (Å²) in [4.78, 5) is 29.0. The van der Waals surface area contributed by atoms with Gasteiger partial charge in [-0.05, 0) is 36.6 Å². The van der Waals surface area contributed by atoms with Crippen LogP contribution in [0.25, 0.3) is 0 Å². The number of thiophene rings is 1. The number of para-hydroxylation sites is 1. The fourth-order valence-corrected chi connectivity index (χ4v) is 3.74. The number of carbonyl (C=O) groups is 2. The molecular formula is C20H17FN4O2S. The van der Waals surface area contributed by atoms with Crippen molar-refractivity contribution in [3.05, 3.63) is 64.3 Å². The molecule has 3 amide bonds. The zero-order valence-corrected chi connectivity index (χ0v) is 15.6. The second kappa shape index (κ2) is 7.77. The number of aliphatic imine (C=N–C) groups is 1. The molecule has 1 aromatic heterocycles. The number of fused-ring (bicyclic) bond motifs is 1. The Balaban J connectivity index is 1.50. The number of nitrogens with one attached hydrogen (secondary N) is 3. The average molecular weight is 396 g/mol. The summed E-state index contributed by atoms with van der Waals surface area (Å²) >= 11 is 1.48. The van der Waals surface area contributed by atoms with Crippen molar-refractivity contribution in [2.75, 3.05) is 10.6 Å². The van der Waals surface area contributed by atoms with Crippen LogP contribution in [0, 0.1) is 5.82 Å². The Kier molecular flexibility index (Phi) is 5.03. The molecule has 0 unspecified atom stereocenters. The third kappa shape index (κ3) is 4.01. The van der Waals surface area contributed by atoms with Gasteiger partial charge in [-0.1, -0.05) is 18.2 Å². The Hall–Kier alpha value is -3.26. The van der Waals surface area contributed by atoms with Gasteiger partial charge in [-0.25, -0.2) is 14.2 Å². The summed E-state index contributed by atoms with van der Waals surface area (Å²) in [5.74, 6) is -0.616. The van der Waals surface area contributed by atoms with Crippen LogP contribution in [0.2, 0.25) is 0 Å². The first kappa shape index (κ1) is 18.1. The highest BCUT2D eigenvalue weighted by molar-refractivity contribution is 7.09. The first-order valence-electron chi connectivity index (χ1n) is 8.76. The molecule has 2 aliphatic rings. The second-order valence-corrected chi connectivity index (χ2v) is 7.12. The smallest absolute Gasteiger partial charge is 0.323 e. The van der Waals surface area contributed by atoms with E-state index in [0.29, 0.717) is 17.8 Å². The standard InChI is InChI=1S/C20H17FN4O2S/c21-14-6-1-2-7-15(14)25-20(27)22-13-5-3-4-12(8-13)16-9-19(26)24-18-11-28-10-17(18)23-16/h1-2,5-8,10-11H,3-4,9H2,(H,24,26)(H2,22,25,27). The highest BCUT2D eigenvalue weighted by atomic mass is 32.1. The van der Waals surface area contributed by atoms with Gasteiger partial charge in [-0.2, -0.15) is 0 Å². The number of hydrogen-bond acceptors (Lipinski definition) is 4. The molecular weight excluding hydrogens is 379 g/mol. The van der Waals surface area contributed by atoms with Crippen molar-refractivity contribution in [1.29, 1.82) is 0 Å². The number of halogens is 1. The molecule has 4 rings (SSSR count). The molecule has 0 saturated heterocycles. The van der Waals surface area contributed by atoms with Crippen molar-refractivity contribution in [3.8, 4) is 0 Å². The van der Waals surface area contributed by atoms with Gasteiger partial charge in [-0.3, -0.25) is 4.79 Å². The molecule has 0 fully saturated rings. The summed E-state index contributed by atoms with van der Waals surface area (Å²) in [5, 5.41) is 11.8. The third-order valence-corrected chi connectivity index (χ3v) is 5.09. The molecule has 0 saturated carbocycles. The van der Waals surface area contributed by atoms with E-state index in [4.69, 9.17) is 0 Å². The first-order valence-corrected chi connectivity index (χ1v) is 9.70. The van der Waals surface area contributed by atoms with Crippen molar-refractivity contribution in [3.63, 3.8) is 0 Å². The van der Waals surface area contributed by atoms with Gasteiger partial charge in [0.2, 0.25) is 5.91 Å². The summed E-state index contributed by atoms with van der Waals surface area (Å²) in [6.07, 6.45) is 5.32. The Bertz CT molecular complexity index is 1040. The number of carbonyl (C=O) groups excluding carboxylic acids is 2. The van der Waals surface area contributed by atoms with Gasteiger partial charge in [0.15, 0.2) is 0 Å². The maximum Gasteiger partial charge on any atom is 0.323 e. The fraction of sp³-hybridized carbons (Fsp3) is 0.150. The molecule has 2 aromatic rings. The summed E-state index contributed by atoms with van der Waals surface area (Å²) in [6, 6.07) is 5.43. The molecule has 8 heteroatoms. The Morgan fingerprint density at radius 3 is 2.93 bits per heavy atom. The van der Waals surface area contributed by atoms with Gasteiger partial charge in [0, 0.05) is 16.5 Å². The highest BCUT2D eigenvalue weighted by Crippen LogP contribution is 2.33. The summed E-state index contributed by atoms with van der Waals surface area (Å²) < 4.78 is 13.7. The predicted octanol–water partition coefficient (Wildman–Crippen LogP) is 4.73. The SMILES string of the molecule is O=C1CC(C2=CC(NC(=O)Nc3ccccc3F)=CCC2)=Nc2cscc2N1. The summed E-state index contributed by atoms with van der Waals surface area (Å²) in [5.41, 5.74) is 3.76. The molecule has 6 nitrogen and oxygen atoms in total. The van der Waals surface area contributed by atoms with Crippen molar-refractivity contribution >= 4 is 46.0 Å². The molecule has 1 aliphatic heterocycles. The first-order chi connectivity index (χ1) is 13.6. The highest BCUT2D eigenvalue weighted by Gasteiger charge is 2.21. The van der Waals surface area contributed by atoms with Crippen molar-refractivity contribution in [1.82, 2.24) is 5.32 Å². The van der Waals surface area contributed by atoms with E-state index in [-0.39, 0.29) is 18.0 Å². The van der Waals surface area contributed by atoms with Crippen LogP contribution in [0.1, 0.15) is 19.3 Å². The van der Waals surface area contributed by atoms with Crippen LogP contribution >= 0.6 is 11.3 Å². The molecule has 0 radical (unpaired) electrons. The number of rotatable bonds is 3. The fourth-order valence-electron chi connectivity index (χ4n) is 3.05.